The van der Waals surface area contributed by atoms with Gasteiger partial charge in [0.05, 0.1) is 24.1 Å². The number of anilines is 1. The fraction of sp³-hybridized carbons (Fsp3) is 0.600. The van der Waals surface area contributed by atoms with Gasteiger partial charge in [-0.15, -0.1) is 0 Å². The zero-order valence-electron chi connectivity index (χ0n) is 18.8. The summed E-state index contributed by atoms with van der Waals surface area (Å²) < 4.78 is 2.38. The van der Waals surface area contributed by atoms with Gasteiger partial charge in [-0.1, -0.05) is 13.3 Å². The van der Waals surface area contributed by atoms with E-state index in [4.69, 9.17) is 4.98 Å². The summed E-state index contributed by atoms with van der Waals surface area (Å²) in [6.07, 6.45) is 12.3. The van der Waals surface area contributed by atoms with Gasteiger partial charge in [-0.3, -0.25) is 14.6 Å². The van der Waals surface area contributed by atoms with Crippen LogP contribution in [0.25, 0.3) is 0 Å². The molecule has 0 radical (unpaired) electrons. The summed E-state index contributed by atoms with van der Waals surface area (Å²) in [5.41, 5.74) is 3.90. The van der Waals surface area contributed by atoms with Crippen molar-refractivity contribution < 1.29 is 9.59 Å². The highest BCUT2D eigenvalue weighted by Crippen LogP contribution is 2.48. The lowest BCUT2D eigenvalue weighted by atomic mass is 9.74. The Morgan fingerprint density at radius 3 is 2.81 bits per heavy atom. The van der Waals surface area contributed by atoms with Crippen molar-refractivity contribution >= 4 is 17.5 Å². The van der Waals surface area contributed by atoms with Crippen LogP contribution in [0.1, 0.15) is 68.2 Å². The first-order valence-corrected chi connectivity index (χ1v) is 12.2. The molecule has 6 rings (SSSR count). The van der Waals surface area contributed by atoms with Crippen LogP contribution in [-0.2, 0) is 40.9 Å². The van der Waals surface area contributed by atoms with Gasteiger partial charge in [0.15, 0.2) is 0 Å². The number of likely N-dealkylation sites (tertiary alicyclic amines) is 1. The van der Waals surface area contributed by atoms with Crippen molar-refractivity contribution in [2.75, 3.05) is 18.0 Å². The molecule has 0 aromatic carbocycles. The number of carbonyl (C=O) groups is 2. The van der Waals surface area contributed by atoms with E-state index in [9.17, 15) is 9.59 Å². The van der Waals surface area contributed by atoms with E-state index in [1.165, 1.54) is 24.2 Å². The van der Waals surface area contributed by atoms with Crippen molar-refractivity contribution in [2.24, 2.45) is 5.92 Å². The zero-order valence-corrected chi connectivity index (χ0v) is 18.8. The molecule has 0 unspecified atom stereocenters. The molecule has 4 heterocycles. The standard InChI is InChI=1S/C25H31N5O2/c1-2-3-12-29-20-7-5-4-6-19(20)27-22(29)14-30-21-13-26-11-10-18(21)25(24(30)32)15-28(16-25)23(31)17-8-9-17/h10-11,13,17H,2-9,12,14-16H2,1H3. The molecule has 4 aliphatic rings. The topological polar surface area (TPSA) is 71.3 Å². The lowest BCUT2D eigenvalue weighted by Crippen LogP contribution is -2.65. The second-order valence-electron chi connectivity index (χ2n) is 9.97. The lowest BCUT2D eigenvalue weighted by Gasteiger charge is -2.47. The Bertz CT molecular complexity index is 1080. The van der Waals surface area contributed by atoms with Crippen LogP contribution in [0, 0.1) is 5.92 Å². The van der Waals surface area contributed by atoms with E-state index in [0.29, 0.717) is 19.6 Å². The molecule has 7 heteroatoms. The molecule has 1 saturated carbocycles. The van der Waals surface area contributed by atoms with E-state index in [1.54, 1.807) is 6.20 Å². The fourth-order valence-corrected chi connectivity index (χ4v) is 5.80. The van der Waals surface area contributed by atoms with Gasteiger partial charge in [-0.05, 0) is 56.6 Å². The molecule has 2 aliphatic carbocycles. The molecule has 168 valence electrons. The van der Waals surface area contributed by atoms with Crippen molar-refractivity contribution in [3.05, 3.63) is 41.2 Å². The van der Waals surface area contributed by atoms with Crippen LogP contribution < -0.4 is 4.90 Å². The summed E-state index contributed by atoms with van der Waals surface area (Å²) in [6, 6.07) is 1.97. The van der Waals surface area contributed by atoms with Crippen molar-refractivity contribution in [3.63, 3.8) is 0 Å². The van der Waals surface area contributed by atoms with Crippen molar-refractivity contribution in [3.8, 4) is 0 Å². The van der Waals surface area contributed by atoms with Gasteiger partial charge in [0.1, 0.15) is 11.2 Å². The molecule has 2 aliphatic heterocycles. The average molecular weight is 434 g/mol. The van der Waals surface area contributed by atoms with E-state index in [-0.39, 0.29) is 17.7 Å². The van der Waals surface area contributed by atoms with Gasteiger partial charge in [0.25, 0.3) is 0 Å². The molecule has 0 atom stereocenters. The number of hydrogen-bond acceptors (Lipinski definition) is 4. The first-order chi connectivity index (χ1) is 15.6. The van der Waals surface area contributed by atoms with Gasteiger partial charge in [-0.2, -0.15) is 0 Å². The summed E-state index contributed by atoms with van der Waals surface area (Å²) >= 11 is 0. The molecule has 1 saturated heterocycles. The maximum absolute atomic E-state index is 13.8. The van der Waals surface area contributed by atoms with Crippen molar-refractivity contribution in [1.82, 2.24) is 19.4 Å². The number of aromatic nitrogens is 3. The number of rotatable bonds is 6. The number of nitrogens with zero attached hydrogens (tertiary/aromatic N) is 5. The van der Waals surface area contributed by atoms with Crippen LogP contribution in [0.15, 0.2) is 18.5 Å². The molecule has 2 aromatic rings. The third kappa shape index (κ3) is 2.93. The minimum atomic E-state index is -0.608. The number of carbonyl (C=O) groups excluding carboxylic acids is 2. The molecule has 0 N–H and O–H groups in total. The van der Waals surface area contributed by atoms with Gasteiger partial charge in [-0.25, -0.2) is 4.98 Å². The van der Waals surface area contributed by atoms with E-state index in [0.717, 1.165) is 62.1 Å². The Kier molecular flexibility index (Phi) is 4.63. The van der Waals surface area contributed by atoms with E-state index >= 15 is 0 Å². The average Bonchev–Trinajstić information content (AvgIpc) is 3.53. The molecular formula is C25H31N5O2. The number of aryl methyl sites for hydroxylation is 1. The smallest absolute Gasteiger partial charge is 0.241 e. The van der Waals surface area contributed by atoms with E-state index in [2.05, 4.69) is 16.5 Å². The summed E-state index contributed by atoms with van der Waals surface area (Å²) in [4.78, 5) is 39.5. The highest BCUT2D eigenvalue weighted by Gasteiger charge is 2.60. The number of hydrogen-bond donors (Lipinski definition) is 0. The molecular weight excluding hydrogens is 402 g/mol. The maximum atomic E-state index is 13.8. The summed E-state index contributed by atoms with van der Waals surface area (Å²) in [6.45, 7) is 4.65. The first-order valence-electron chi connectivity index (χ1n) is 12.2. The van der Waals surface area contributed by atoms with Crippen molar-refractivity contribution in [1.29, 1.82) is 0 Å². The Labute approximate surface area is 188 Å². The largest absolute Gasteiger partial charge is 0.339 e. The molecule has 0 bridgehead atoms. The van der Waals surface area contributed by atoms with Gasteiger partial charge in [0.2, 0.25) is 11.8 Å². The van der Waals surface area contributed by atoms with Crippen LogP contribution in [0.5, 0.6) is 0 Å². The minimum Gasteiger partial charge on any atom is -0.339 e. The Balaban J connectivity index is 1.31. The Morgan fingerprint density at radius 1 is 1.22 bits per heavy atom. The van der Waals surface area contributed by atoms with Crippen LogP contribution in [0.4, 0.5) is 5.69 Å². The molecule has 2 amide bonds. The van der Waals surface area contributed by atoms with Crippen LogP contribution in [0.3, 0.4) is 0 Å². The highest BCUT2D eigenvalue weighted by molar-refractivity contribution is 6.09. The summed E-state index contributed by atoms with van der Waals surface area (Å²) in [7, 11) is 0. The molecule has 2 fully saturated rings. The normalized spacial score (nSPS) is 21.0. The fourth-order valence-electron chi connectivity index (χ4n) is 5.80. The molecule has 1 spiro atoms. The van der Waals surface area contributed by atoms with Gasteiger partial charge < -0.3 is 14.4 Å². The first kappa shape index (κ1) is 19.9. The van der Waals surface area contributed by atoms with Gasteiger partial charge >= 0.3 is 0 Å². The van der Waals surface area contributed by atoms with E-state index < -0.39 is 5.41 Å². The zero-order chi connectivity index (χ0) is 21.9. The highest BCUT2D eigenvalue weighted by atomic mass is 16.2. The number of unbranched alkanes of at least 4 members (excludes halogenated alkanes) is 1. The third-order valence-corrected chi connectivity index (χ3v) is 7.77. The molecule has 2 aromatic heterocycles. The quantitative estimate of drug-likeness (QED) is 0.702. The second-order valence-corrected chi connectivity index (χ2v) is 9.97. The summed E-state index contributed by atoms with van der Waals surface area (Å²) in [5, 5.41) is 0. The maximum Gasteiger partial charge on any atom is 0.241 e. The van der Waals surface area contributed by atoms with Crippen LogP contribution >= 0.6 is 0 Å². The lowest BCUT2D eigenvalue weighted by molar-refractivity contribution is -0.145. The van der Waals surface area contributed by atoms with Crippen molar-refractivity contribution in [2.45, 2.75) is 76.8 Å². The molecule has 7 nitrogen and oxygen atoms in total. The minimum absolute atomic E-state index is 0.100. The van der Waals surface area contributed by atoms with Gasteiger partial charge in [0, 0.05) is 37.4 Å². The Morgan fingerprint density at radius 2 is 2.03 bits per heavy atom. The number of pyridine rings is 1. The third-order valence-electron chi connectivity index (χ3n) is 7.77. The molecule has 32 heavy (non-hydrogen) atoms. The number of amides is 2. The predicted molar refractivity (Wildman–Crippen MR) is 120 cm³/mol. The Hall–Kier alpha value is -2.70. The number of fused-ring (bicyclic) bond motifs is 3. The van der Waals surface area contributed by atoms with E-state index in [1.807, 2.05) is 22.1 Å². The predicted octanol–water partition coefficient (Wildman–Crippen LogP) is 2.99. The second kappa shape index (κ2) is 7.42. The van der Waals surface area contributed by atoms with Crippen LogP contribution in [0.2, 0.25) is 0 Å². The van der Waals surface area contributed by atoms with Crippen LogP contribution in [-0.4, -0.2) is 44.3 Å². The monoisotopic (exact) mass is 433 g/mol. The SMILES string of the molecule is CCCCn1c(CN2C(=O)C3(CN(C(=O)C4CC4)C3)c3ccncc32)nc2c1CCCC2. The number of imidazole rings is 1. The summed E-state index contributed by atoms with van der Waals surface area (Å²) in [5.74, 6) is 1.51.